The fourth-order valence-electron chi connectivity index (χ4n) is 1.45. The lowest BCUT2D eigenvalue weighted by Gasteiger charge is -2.13. The molecule has 0 fully saturated rings. The fourth-order valence-corrected chi connectivity index (χ4v) is 1.71. The van der Waals surface area contributed by atoms with E-state index in [0.29, 0.717) is 0 Å². The van der Waals surface area contributed by atoms with Crippen molar-refractivity contribution >= 4 is 22.0 Å². The Hall–Kier alpha value is -1.82. The molecule has 0 saturated heterocycles. The first-order chi connectivity index (χ1) is 8.65. The molecule has 1 aromatic heterocycles. The van der Waals surface area contributed by atoms with Crippen LogP contribution in [0.25, 0.3) is 0 Å². The fraction of sp³-hybridized carbons (Fsp3) is 0.167. The molecular weight excluding hydrogens is 298 g/mol. The number of hydrogen-bond acceptors (Lipinski definition) is 3. The van der Waals surface area contributed by atoms with Gasteiger partial charge in [0.2, 0.25) is 0 Å². The molecule has 1 atom stereocenters. The van der Waals surface area contributed by atoms with Gasteiger partial charge in [-0.15, -0.1) is 5.10 Å². The SMILES string of the molecule is CC(NC(=O)On1cc(Br)cn1)c1ccccc1. The maximum absolute atomic E-state index is 11.6. The van der Waals surface area contributed by atoms with Crippen LogP contribution in [0.4, 0.5) is 4.79 Å². The van der Waals surface area contributed by atoms with E-state index in [0.717, 1.165) is 14.9 Å². The summed E-state index contributed by atoms with van der Waals surface area (Å²) in [6.45, 7) is 1.88. The van der Waals surface area contributed by atoms with Crippen molar-refractivity contribution in [2.75, 3.05) is 0 Å². The maximum Gasteiger partial charge on any atom is 0.433 e. The van der Waals surface area contributed by atoms with Gasteiger partial charge in [0.15, 0.2) is 0 Å². The molecule has 1 N–H and O–H groups in total. The molecule has 1 aromatic carbocycles. The minimum Gasteiger partial charge on any atom is -0.313 e. The largest absolute Gasteiger partial charge is 0.433 e. The Labute approximate surface area is 113 Å². The number of amides is 1. The van der Waals surface area contributed by atoms with Crippen LogP contribution in [-0.2, 0) is 0 Å². The van der Waals surface area contributed by atoms with Crippen molar-refractivity contribution in [1.29, 1.82) is 0 Å². The second-order valence-corrected chi connectivity index (χ2v) is 4.63. The predicted octanol–water partition coefficient (Wildman–Crippen LogP) is 2.55. The molecule has 0 aliphatic carbocycles. The van der Waals surface area contributed by atoms with Crippen molar-refractivity contribution in [2.24, 2.45) is 0 Å². The van der Waals surface area contributed by atoms with Crippen molar-refractivity contribution in [2.45, 2.75) is 13.0 Å². The van der Waals surface area contributed by atoms with E-state index < -0.39 is 6.09 Å². The molecule has 1 unspecified atom stereocenters. The Bertz CT molecular complexity index is 527. The third kappa shape index (κ3) is 3.33. The predicted molar refractivity (Wildman–Crippen MR) is 69.9 cm³/mol. The molecule has 6 heteroatoms. The number of hydrogen-bond donors (Lipinski definition) is 1. The van der Waals surface area contributed by atoms with E-state index in [9.17, 15) is 4.79 Å². The smallest absolute Gasteiger partial charge is 0.313 e. The van der Waals surface area contributed by atoms with Gasteiger partial charge in [-0.2, -0.15) is 0 Å². The summed E-state index contributed by atoms with van der Waals surface area (Å²) in [4.78, 5) is 17.6. The minimum atomic E-state index is -0.554. The molecule has 0 saturated carbocycles. The molecule has 1 heterocycles. The van der Waals surface area contributed by atoms with E-state index >= 15 is 0 Å². The molecule has 1 amide bonds. The normalized spacial score (nSPS) is 11.9. The molecule has 5 nitrogen and oxygen atoms in total. The summed E-state index contributed by atoms with van der Waals surface area (Å²) in [6.07, 6.45) is 2.53. The van der Waals surface area contributed by atoms with Crippen LogP contribution >= 0.6 is 15.9 Å². The topological polar surface area (TPSA) is 56.1 Å². The summed E-state index contributed by atoms with van der Waals surface area (Å²) in [6, 6.07) is 9.52. The third-order valence-electron chi connectivity index (χ3n) is 2.34. The lowest BCUT2D eigenvalue weighted by atomic mass is 10.1. The lowest BCUT2D eigenvalue weighted by molar-refractivity contribution is 0.113. The minimum absolute atomic E-state index is 0.127. The Balaban J connectivity index is 1.92. The van der Waals surface area contributed by atoms with Crippen molar-refractivity contribution in [1.82, 2.24) is 15.3 Å². The zero-order valence-electron chi connectivity index (χ0n) is 9.71. The molecule has 0 radical (unpaired) electrons. The van der Waals surface area contributed by atoms with E-state index in [4.69, 9.17) is 4.84 Å². The number of benzene rings is 1. The standard InChI is InChI=1S/C12H12BrN3O2/c1-9(10-5-3-2-4-6-10)15-12(17)18-16-8-11(13)7-14-16/h2-9H,1H3,(H,15,17). The van der Waals surface area contributed by atoms with Gasteiger partial charge in [-0.3, -0.25) is 4.84 Å². The first-order valence-corrected chi connectivity index (χ1v) is 6.18. The van der Waals surface area contributed by atoms with Crippen molar-refractivity contribution < 1.29 is 9.63 Å². The number of halogens is 1. The zero-order chi connectivity index (χ0) is 13.0. The van der Waals surface area contributed by atoms with E-state index in [1.807, 2.05) is 37.3 Å². The van der Waals surface area contributed by atoms with Gasteiger partial charge in [0.25, 0.3) is 0 Å². The number of aromatic nitrogens is 2. The first kappa shape index (κ1) is 12.6. The van der Waals surface area contributed by atoms with Gasteiger partial charge in [-0.1, -0.05) is 35.2 Å². The van der Waals surface area contributed by atoms with Gasteiger partial charge in [-0.25, -0.2) is 4.79 Å². The lowest BCUT2D eigenvalue weighted by Crippen LogP contribution is -2.34. The Morgan fingerprint density at radius 1 is 1.44 bits per heavy atom. The average Bonchev–Trinajstić information content (AvgIpc) is 2.75. The van der Waals surface area contributed by atoms with Crippen LogP contribution in [0, 0.1) is 0 Å². The molecule has 0 aliphatic heterocycles. The van der Waals surface area contributed by atoms with Gasteiger partial charge in [0.05, 0.1) is 22.9 Å². The van der Waals surface area contributed by atoms with Crippen LogP contribution in [-0.4, -0.2) is 16.0 Å². The monoisotopic (exact) mass is 309 g/mol. The van der Waals surface area contributed by atoms with Gasteiger partial charge in [0, 0.05) is 0 Å². The van der Waals surface area contributed by atoms with Crippen molar-refractivity contribution in [3.8, 4) is 0 Å². The molecule has 0 bridgehead atoms. The highest BCUT2D eigenvalue weighted by Crippen LogP contribution is 2.11. The average molecular weight is 310 g/mol. The third-order valence-corrected chi connectivity index (χ3v) is 2.75. The van der Waals surface area contributed by atoms with Crippen LogP contribution in [0.3, 0.4) is 0 Å². The van der Waals surface area contributed by atoms with E-state index in [2.05, 4.69) is 26.3 Å². The second-order valence-electron chi connectivity index (χ2n) is 3.72. The number of nitrogens with one attached hydrogen (secondary N) is 1. The Kier molecular flexibility index (Phi) is 3.99. The summed E-state index contributed by atoms with van der Waals surface area (Å²) in [7, 11) is 0. The summed E-state index contributed by atoms with van der Waals surface area (Å²) < 4.78 is 0.742. The van der Waals surface area contributed by atoms with Gasteiger partial charge in [-0.05, 0) is 28.4 Å². The molecule has 18 heavy (non-hydrogen) atoms. The van der Waals surface area contributed by atoms with Crippen LogP contribution in [0.5, 0.6) is 0 Å². The highest BCUT2D eigenvalue weighted by atomic mass is 79.9. The van der Waals surface area contributed by atoms with E-state index in [1.54, 1.807) is 6.20 Å². The number of carbonyl (C=O) groups is 1. The summed E-state index contributed by atoms with van der Waals surface area (Å²) >= 11 is 3.21. The molecule has 0 spiro atoms. The molecule has 0 aliphatic rings. The van der Waals surface area contributed by atoms with Crippen molar-refractivity contribution in [3.05, 3.63) is 52.8 Å². The van der Waals surface area contributed by atoms with Gasteiger partial charge < -0.3 is 5.32 Å². The summed E-state index contributed by atoms with van der Waals surface area (Å²) in [5.41, 5.74) is 1.01. The van der Waals surface area contributed by atoms with E-state index in [1.165, 1.54) is 6.20 Å². The highest BCUT2D eigenvalue weighted by molar-refractivity contribution is 9.10. The van der Waals surface area contributed by atoms with E-state index in [-0.39, 0.29) is 6.04 Å². The van der Waals surface area contributed by atoms with Crippen molar-refractivity contribution in [3.63, 3.8) is 0 Å². The first-order valence-electron chi connectivity index (χ1n) is 5.39. The van der Waals surface area contributed by atoms with Crippen LogP contribution in [0.2, 0.25) is 0 Å². The number of carbonyl (C=O) groups excluding carboxylic acids is 1. The molecular formula is C12H12BrN3O2. The number of nitrogens with zero attached hydrogens (tertiary/aromatic N) is 2. The number of rotatable bonds is 3. The zero-order valence-corrected chi connectivity index (χ0v) is 11.3. The molecule has 2 aromatic rings. The Morgan fingerprint density at radius 3 is 2.78 bits per heavy atom. The van der Waals surface area contributed by atoms with Crippen LogP contribution in [0.15, 0.2) is 47.2 Å². The van der Waals surface area contributed by atoms with Crippen LogP contribution < -0.4 is 10.2 Å². The van der Waals surface area contributed by atoms with Gasteiger partial charge >= 0.3 is 6.09 Å². The quantitative estimate of drug-likeness (QED) is 0.948. The van der Waals surface area contributed by atoms with Crippen LogP contribution in [0.1, 0.15) is 18.5 Å². The Morgan fingerprint density at radius 2 is 2.17 bits per heavy atom. The summed E-state index contributed by atoms with van der Waals surface area (Å²) in [5, 5.41) is 6.54. The summed E-state index contributed by atoms with van der Waals surface area (Å²) in [5.74, 6) is 0. The molecule has 94 valence electrons. The molecule has 2 rings (SSSR count). The second kappa shape index (κ2) is 5.68. The highest BCUT2D eigenvalue weighted by Gasteiger charge is 2.11. The maximum atomic E-state index is 11.6. The van der Waals surface area contributed by atoms with Gasteiger partial charge in [0.1, 0.15) is 0 Å².